The monoisotopic (exact) mass is 514 g/mol. The van der Waals surface area contributed by atoms with Crippen LogP contribution in [0.25, 0.3) is 5.57 Å². The number of nitrogens with zero attached hydrogens (tertiary/aromatic N) is 3. The minimum absolute atomic E-state index is 0. The van der Waals surface area contributed by atoms with E-state index in [1.165, 1.54) is 11.1 Å². The summed E-state index contributed by atoms with van der Waals surface area (Å²) < 4.78 is 5.52. The molecule has 0 atom stereocenters. The molecule has 1 aliphatic heterocycles. The van der Waals surface area contributed by atoms with Gasteiger partial charge in [0.05, 0.1) is 6.61 Å². The van der Waals surface area contributed by atoms with Gasteiger partial charge in [-0.25, -0.2) is 4.99 Å². The van der Waals surface area contributed by atoms with Crippen LogP contribution >= 0.6 is 24.0 Å². The van der Waals surface area contributed by atoms with Gasteiger partial charge in [0.25, 0.3) is 0 Å². The SMILES string of the molecule is CCOc1ccc(C2=CCN(C(=NCC(=O)N(C)C)NCC(C)C)CC2)cc1.I. The molecule has 1 N–H and O–H groups in total. The average Bonchev–Trinajstić information content (AvgIpc) is 2.68. The highest BCUT2D eigenvalue weighted by Gasteiger charge is 2.17. The number of benzene rings is 1. The summed E-state index contributed by atoms with van der Waals surface area (Å²) in [4.78, 5) is 20.3. The number of nitrogens with one attached hydrogen (secondary N) is 1. The van der Waals surface area contributed by atoms with Gasteiger partial charge in [-0.3, -0.25) is 4.79 Å². The van der Waals surface area contributed by atoms with E-state index in [1.807, 2.05) is 19.1 Å². The van der Waals surface area contributed by atoms with Crippen LogP contribution in [-0.4, -0.2) is 68.5 Å². The third-order valence-corrected chi connectivity index (χ3v) is 4.58. The molecule has 162 valence electrons. The highest BCUT2D eigenvalue weighted by Crippen LogP contribution is 2.24. The number of amides is 1. The molecule has 6 nitrogen and oxygen atoms in total. The van der Waals surface area contributed by atoms with Crippen molar-refractivity contribution in [2.24, 2.45) is 10.9 Å². The Balaban J connectivity index is 0.00000420. The zero-order valence-corrected chi connectivity index (χ0v) is 20.6. The molecule has 1 aromatic rings. The molecule has 0 aliphatic carbocycles. The first-order valence-corrected chi connectivity index (χ1v) is 10.1. The number of guanidine groups is 1. The minimum atomic E-state index is 0. The summed E-state index contributed by atoms with van der Waals surface area (Å²) in [6, 6.07) is 8.29. The van der Waals surface area contributed by atoms with Crippen molar-refractivity contribution < 1.29 is 9.53 Å². The van der Waals surface area contributed by atoms with Crippen LogP contribution < -0.4 is 10.1 Å². The van der Waals surface area contributed by atoms with Gasteiger partial charge >= 0.3 is 0 Å². The molecule has 0 fully saturated rings. The first kappa shape index (κ1) is 25.3. The van der Waals surface area contributed by atoms with Gasteiger partial charge in [-0.05, 0) is 42.5 Å². The van der Waals surface area contributed by atoms with Gasteiger partial charge in [0.15, 0.2) is 5.96 Å². The number of aliphatic imine (C=N–C) groups is 1. The Morgan fingerprint density at radius 2 is 1.97 bits per heavy atom. The van der Waals surface area contributed by atoms with E-state index >= 15 is 0 Å². The Kier molecular flexibility index (Phi) is 11.1. The standard InChI is InChI=1S/C22H34N4O2.HI/c1-6-28-20-9-7-18(8-10-20)19-11-13-26(14-12-19)22(23-15-17(2)3)24-16-21(27)25(4)5;/h7-11,17H,6,12-16H2,1-5H3,(H,23,24);1H. The molecular weight excluding hydrogens is 479 g/mol. The molecule has 1 heterocycles. The first-order valence-electron chi connectivity index (χ1n) is 10.1. The molecule has 0 unspecified atom stereocenters. The number of rotatable bonds is 7. The van der Waals surface area contributed by atoms with E-state index in [1.54, 1.807) is 19.0 Å². The molecule has 0 saturated carbocycles. The van der Waals surface area contributed by atoms with Gasteiger partial charge in [-0.2, -0.15) is 0 Å². The van der Waals surface area contributed by atoms with Crippen molar-refractivity contribution in [1.82, 2.24) is 15.1 Å². The summed E-state index contributed by atoms with van der Waals surface area (Å²) in [5, 5.41) is 3.42. The Morgan fingerprint density at radius 3 is 2.48 bits per heavy atom. The second kappa shape index (κ2) is 12.7. The molecule has 0 saturated heterocycles. The second-order valence-corrected chi connectivity index (χ2v) is 7.59. The number of halogens is 1. The summed E-state index contributed by atoms with van der Waals surface area (Å²) in [6.07, 6.45) is 3.19. The lowest BCUT2D eigenvalue weighted by atomic mass is 9.99. The fraction of sp³-hybridized carbons (Fsp3) is 0.545. The lowest BCUT2D eigenvalue weighted by Crippen LogP contribution is -2.45. The third kappa shape index (κ3) is 8.24. The topological polar surface area (TPSA) is 57.2 Å². The maximum Gasteiger partial charge on any atom is 0.243 e. The number of carbonyl (C=O) groups is 1. The summed E-state index contributed by atoms with van der Waals surface area (Å²) in [6.45, 7) is 9.65. The Bertz CT molecular complexity index is 699. The van der Waals surface area contributed by atoms with E-state index < -0.39 is 0 Å². The van der Waals surface area contributed by atoms with Crippen molar-refractivity contribution in [3.8, 4) is 5.75 Å². The van der Waals surface area contributed by atoms with Crippen molar-refractivity contribution >= 4 is 41.4 Å². The van der Waals surface area contributed by atoms with Crippen LogP contribution in [0.2, 0.25) is 0 Å². The molecule has 0 radical (unpaired) electrons. The van der Waals surface area contributed by atoms with Crippen LogP contribution in [0, 0.1) is 5.92 Å². The number of hydrogen-bond donors (Lipinski definition) is 1. The zero-order valence-electron chi connectivity index (χ0n) is 18.3. The van der Waals surface area contributed by atoms with Crippen LogP contribution in [0.15, 0.2) is 35.3 Å². The van der Waals surface area contributed by atoms with Crippen molar-refractivity contribution in [2.75, 3.05) is 46.9 Å². The highest BCUT2D eigenvalue weighted by molar-refractivity contribution is 14.0. The molecule has 1 aromatic carbocycles. The van der Waals surface area contributed by atoms with E-state index in [-0.39, 0.29) is 36.4 Å². The lowest BCUT2D eigenvalue weighted by molar-refractivity contribution is -0.127. The van der Waals surface area contributed by atoms with Crippen molar-refractivity contribution in [3.05, 3.63) is 35.9 Å². The molecule has 0 aromatic heterocycles. The van der Waals surface area contributed by atoms with Gasteiger partial charge in [0, 0.05) is 33.7 Å². The molecule has 7 heteroatoms. The quantitative estimate of drug-likeness (QED) is 0.344. The molecule has 0 spiro atoms. The van der Waals surface area contributed by atoms with Crippen molar-refractivity contribution in [1.29, 1.82) is 0 Å². The van der Waals surface area contributed by atoms with E-state index in [2.05, 4.69) is 47.3 Å². The van der Waals surface area contributed by atoms with Gasteiger partial charge in [0.2, 0.25) is 5.91 Å². The summed E-state index contributed by atoms with van der Waals surface area (Å²) in [5.74, 6) is 2.23. The van der Waals surface area contributed by atoms with Gasteiger partial charge in [0.1, 0.15) is 12.3 Å². The normalized spacial score (nSPS) is 14.2. The maximum absolute atomic E-state index is 11.9. The number of ether oxygens (including phenoxy) is 1. The Morgan fingerprint density at radius 1 is 1.28 bits per heavy atom. The van der Waals surface area contributed by atoms with Gasteiger partial charge in [-0.15, -0.1) is 24.0 Å². The number of hydrogen-bond acceptors (Lipinski definition) is 3. The second-order valence-electron chi connectivity index (χ2n) is 7.59. The highest BCUT2D eigenvalue weighted by atomic mass is 127. The Hall–Kier alpha value is -1.77. The van der Waals surface area contributed by atoms with E-state index in [0.717, 1.165) is 37.8 Å². The summed E-state index contributed by atoms with van der Waals surface area (Å²) >= 11 is 0. The molecule has 29 heavy (non-hydrogen) atoms. The summed E-state index contributed by atoms with van der Waals surface area (Å²) in [7, 11) is 3.51. The predicted octanol–water partition coefficient (Wildman–Crippen LogP) is 3.48. The van der Waals surface area contributed by atoms with E-state index in [9.17, 15) is 4.79 Å². The lowest BCUT2D eigenvalue weighted by Gasteiger charge is -2.30. The number of likely N-dealkylation sites (N-methyl/N-ethyl adjacent to an activating group) is 1. The molecular formula is C22H35IN4O2. The Labute approximate surface area is 192 Å². The van der Waals surface area contributed by atoms with Crippen LogP contribution in [-0.2, 0) is 4.79 Å². The smallest absolute Gasteiger partial charge is 0.243 e. The number of carbonyl (C=O) groups excluding carboxylic acids is 1. The van der Waals surface area contributed by atoms with Crippen LogP contribution in [0.3, 0.4) is 0 Å². The maximum atomic E-state index is 11.9. The van der Waals surface area contributed by atoms with Crippen molar-refractivity contribution in [2.45, 2.75) is 27.2 Å². The van der Waals surface area contributed by atoms with Crippen molar-refractivity contribution in [3.63, 3.8) is 0 Å². The largest absolute Gasteiger partial charge is 0.494 e. The molecule has 1 aliphatic rings. The summed E-state index contributed by atoms with van der Waals surface area (Å²) in [5.41, 5.74) is 2.58. The van der Waals surface area contributed by atoms with E-state index in [4.69, 9.17) is 4.74 Å². The zero-order chi connectivity index (χ0) is 20.5. The fourth-order valence-corrected chi connectivity index (χ4v) is 2.90. The van der Waals surface area contributed by atoms with Crippen LogP contribution in [0.5, 0.6) is 5.75 Å². The van der Waals surface area contributed by atoms with E-state index in [0.29, 0.717) is 12.5 Å². The molecule has 0 bridgehead atoms. The first-order chi connectivity index (χ1) is 13.4. The fourth-order valence-electron chi connectivity index (χ4n) is 2.90. The van der Waals surface area contributed by atoms with Crippen LogP contribution in [0.1, 0.15) is 32.8 Å². The molecule has 2 rings (SSSR count). The van der Waals surface area contributed by atoms with Gasteiger partial charge < -0.3 is 19.9 Å². The average molecular weight is 514 g/mol. The van der Waals surface area contributed by atoms with Gasteiger partial charge in [-0.1, -0.05) is 32.1 Å². The predicted molar refractivity (Wildman–Crippen MR) is 131 cm³/mol. The third-order valence-electron chi connectivity index (χ3n) is 4.58. The minimum Gasteiger partial charge on any atom is -0.494 e. The molecule has 1 amide bonds. The van der Waals surface area contributed by atoms with Crippen LogP contribution in [0.4, 0.5) is 0 Å².